The fourth-order valence-electron chi connectivity index (χ4n) is 1.38. The highest BCUT2D eigenvalue weighted by molar-refractivity contribution is 6.30. The predicted octanol–water partition coefficient (Wildman–Crippen LogP) is 1.75. The maximum atomic E-state index is 5.86. The first-order valence-corrected chi connectivity index (χ1v) is 4.43. The van der Waals surface area contributed by atoms with Gasteiger partial charge in [-0.3, -0.25) is 0 Å². The number of hydrogen-bond acceptors (Lipinski definition) is 2. The number of pyridine rings is 1. The van der Waals surface area contributed by atoms with Crippen LogP contribution in [-0.4, -0.2) is 9.38 Å². The Kier molecular flexibility index (Phi) is 1.98. The monoisotopic (exact) mass is 195 g/mol. The Bertz CT molecular complexity index is 447. The predicted molar refractivity (Wildman–Crippen MR) is 52.8 cm³/mol. The summed E-state index contributed by atoms with van der Waals surface area (Å²) in [7, 11) is 0. The second-order valence-electron chi connectivity index (χ2n) is 2.92. The fraction of sp³-hybridized carbons (Fsp3) is 0.222. The summed E-state index contributed by atoms with van der Waals surface area (Å²) >= 11 is 5.86. The van der Waals surface area contributed by atoms with Gasteiger partial charge in [-0.1, -0.05) is 11.6 Å². The fourth-order valence-corrected chi connectivity index (χ4v) is 1.54. The number of rotatable bonds is 1. The van der Waals surface area contributed by atoms with Crippen LogP contribution in [0.2, 0.25) is 5.02 Å². The van der Waals surface area contributed by atoms with Gasteiger partial charge in [0, 0.05) is 18.4 Å². The zero-order valence-electron chi connectivity index (χ0n) is 7.29. The molecule has 0 bridgehead atoms. The number of aromatic nitrogens is 2. The van der Waals surface area contributed by atoms with E-state index in [4.69, 9.17) is 17.3 Å². The molecule has 2 rings (SSSR count). The van der Waals surface area contributed by atoms with Crippen molar-refractivity contribution in [1.82, 2.24) is 9.38 Å². The van der Waals surface area contributed by atoms with Crippen LogP contribution in [0.4, 0.5) is 0 Å². The van der Waals surface area contributed by atoms with E-state index in [9.17, 15) is 0 Å². The van der Waals surface area contributed by atoms with Crippen LogP contribution in [0, 0.1) is 6.92 Å². The first-order chi connectivity index (χ1) is 6.22. The van der Waals surface area contributed by atoms with Crippen molar-refractivity contribution in [1.29, 1.82) is 0 Å². The summed E-state index contributed by atoms with van der Waals surface area (Å²) in [6, 6.07) is 3.71. The van der Waals surface area contributed by atoms with Crippen molar-refractivity contribution >= 4 is 17.2 Å². The lowest BCUT2D eigenvalue weighted by Crippen LogP contribution is -1.98. The van der Waals surface area contributed by atoms with Crippen molar-refractivity contribution in [2.24, 2.45) is 5.73 Å². The van der Waals surface area contributed by atoms with Gasteiger partial charge in [0.05, 0.1) is 10.7 Å². The van der Waals surface area contributed by atoms with E-state index < -0.39 is 0 Å². The highest BCUT2D eigenvalue weighted by Crippen LogP contribution is 2.15. The lowest BCUT2D eigenvalue weighted by atomic mass is 10.3. The normalized spacial score (nSPS) is 11.0. The van der Waals surface area contributed by atoms with Crippen LogP contribution in [-0.2, 0) is 6.54 Å². The lowest BCUT2D eigenvalue weighted by molar-refractivity contribution is 0.983. The maximum Gasteiger partial charge on any atom is 0.137 e. The Morgan fingerprint density at radius 1 is 1.54 bits per heavy atom. The molecule has 0 aliphatic rings. The zero-order chi connectivity index (χ0) is 9.42. The Labute approximate surface area is 81.1 Å². The van der Waals surface area contributed by atoms with Crippen LogP contribution in [0.25, 0.3) is 5.65 Å². The topological polar surface area (TPSA) is 43.3 Å². The Morgan fingerprint density at radius 2 is 2.31 bits per heavy atom. The zero-order valence-corrected chi connectivity index (χ0v) is 8.04. The molecule has 4 heteroatoms. The summed E-state index contributed by atoms with van der Waals surface area (Å²) in [6.45, 7) is 2.45. The third kappa shape index (κ3) is 1.30. The number of fused-ring (bicyclic) bond motifs is 1. The van der Waals surface area contributed by atoms with Crippen LogP contribution < -0.4 is 5.73 Å². The maximum absolute atomic E-state index is 5.86. The number of imidazole rings is 1. The highest BCUT2D eigenvalue weighted by Gasteiger charge is 2.05. The molecule has 0 saturated heterocycles. The van der Waals surface area contributed by atoms with Gasteiger partial charge in [0.15, 0.2) is 0 Å². The molecule has 68 valence electrons. The van der Waals surface area contributed by atoms with Gasteiger partial charge in [-0.25, -0.2) is 4.98 Å². The van der Waals surface area contributed by atoms with E-state index in [1.54, 1.807) is 0 Å². The van der Waals surface area contributed by atoms with E-state index in [1.807, 2.05) is 29.7 Å². The van der Waals surface area contributed by atoms with Crippen LogP contribution >= 0.6 is 11.6 Å². The molecule has 0 spiro atoms. The largest absolute Gasteiger partial charge is 0.325 e. The summed E-state index contributed by atoms with van der Waals surface area (Å²) in [5.74, 6) is 0. The minimum absolute atomic E-state index is 0.463. The average molecular weight is 196 g/mol. The van der Waals surface area contributed by atoms with Crippen molar-refractivity contribution in [2.75, 3.05) is 0 Å². The van der Waals surface area contributed by atoms with E-state index in [2.05, 4.69) is 4.98 Å². The summed E-state index contributed by atoms with van der Waals surface area (Å²) in [5, 5.41) is 0.705. The molecule has 0 aliphatic heterocycles. The molecule has 2 aromatic heterocycles. The number of hydrogen-bond donors (Lipinski definition) is 1. The molecule has 0 unspecified atom stereocenters. The van der Waals surface area contributed by atoms with E-state index in [0.717, 1.165) is 17.0 Å². The first-order valence-electron chi connectivity index (χ1n) is 4.05. The highest BCUT2D eigenvalue weighted by atomic mass is 35.5. The van der Waals surface area contributed by atoms with E-state index >= 15 is 0 Å². The second-order valence-corrected chi connectivity index (χ2v) is 3.36. The van der Waals surface area contributed by atoms with Gasteiger partial charge in [0.25, 0.3) is 0 Å². The molecule has 2 N–H and O–H groups in total. The van der Waals surface area contributed by atoms with E-state index in [1.165, 1.54) is 0 Å². The van der Waals surface area contributed by atoms with Gasteiger partial charge in [-0.15, -0.1) is 0 Å². The average Bonchev–Trinajstić information content (AvgIpc) is 2.44. The molecule has 2 aromatic rings. The molecule has 0 aromatic carbocycles. The molecule has 2 heterocycles. The summed E-state index contributed by atoms with van der Waals surface area (Å²) in [5.41, 5.74) is 8.41. The van der Waals surface area contributed by atoms with Crippen LogP contribution in [0.15, 0.2) is 18.3 Å². The quantitative estimate of drug-likeness (QED) is 0.754. The third-order valence-corrected chi connectivity index (χ3v) is 2.34. The molecule has 0 amide bonds. The summed E-state index contributed by atoms with van der Waals surface area (Å²) in [6.07, 6.45) is 1.85. The molecule has 13 heavy (non-hydrogen) atoms. The number of nitrogens with two attached hydrogens (primary N) is 1. The molecule has 3 nitrogen and oxygen atoms in total. The minimum atomic E-state index is 0.463. The first kappa shape index (κ1) is 8.53. The molecule has 0 aliphatic carbocycles. The van der Waals surface area contributed by atoms with Crippen LogP contribution in [0.1, 0.15) is 11.4 Å². The third-order valence-electron chi connectivity index (χ3n) is 2.11. The Morgan fingerprint density at radius 3 is 3.00 bits per heavy atom. The molecular weight excluding hydrogens is 186 g/mol. The Hall–Kier alpha value is -1.06. The van der Waals surface area contributed by atoms with Gasteiger partial charge < -0.3 is 10.1 Å². The standard InChI is InChI=1S/C9H10ClN3/c1-6-8(4-11)12-9-3-2-7(10)5-13(6)9/h2-3,5H,4,11H2,1H3. The summed E-state index contributed by atoms with van der Waals surface area (Å²) < 4.78 is 1.95. The second kappa shape index (κ2) is 3.01. The van der Waals surface area contributed by atoms with Crippen molar-refractivity contribution in [2.45, 2.75) is 13.5 Å². The molecular formula is C9H10ClN3. The number of aryl methyl sites for hydroxylation is 1. The molecule has 0 saturated carbocycles. The van der Waals surface area contributed by atoms with Crippen molar-refractivity contribution in [3.63, 3.8) is 0 Å². The molecule has 0 radical (unpaired) electrons. The van der Waals surface area contributed by atoms with Gasteiger partial charge >= 0.3 is 0 Å². The smallest absolute Gasteiger partial charge is 0.137 e. The van der Waals surface area contributed by atoms with Gasteiger partial charge in [-0.05, 0) is 19.1 Å². The van der Waals surface area contributed by atoms with Crippen LogP contribution in [0.5, 0.6) is 0 Å². The lowest BCUT2D eigenvalue weighted by Gasteiger charge is -1.96. The molecule has 0 atom stereocenters. The number of halogens is 1. The van der Waals surface area contributed by atoms with Crippen molar-refractivity contribution in [3.8, 4) is 0 Å². The van der Waals surface area contributed by atoms with Gasteiger partial charge in [-0.2, -0.15) is 0 Å². The van der Waals surface area contributed by atoms with Crippen molar-refractivity contribution < 1.29 is 0 Å². The van der Waals surface area contributed by atoms with E-state index in [0.29, 0.717) is 11.6 Å². The van der Waals surface area contributed by atoms with Gasteiger partial charge in [0.2, 0.25) is 0 Å². The SMILES string of the molecule is Cc1c(CN)nc2ccc(Cl)cn12. The van der Waals surface area contributed by atoms with E-state index in [-0.39, 0.29) is 0 Å². The minimum Gasteiger partial charge on any atom is -0.325 e. The Balaban J connectivity index is 2.77. The van der Waals surface area contributed by atoms with Crippen LogP contribution in [0.3, 0.4) is 0 Å². The van der Waals surface area contributed by atoms with Gasteiger partial charge in [0.1, 0.15) is 5.65 Å². The summed E-state index contributed by atoms with van der Waals surface area (Å²) in [4.78, 5) is 4.35. The molecule has 0 fully saturated rings. The van der Waals surface area contributed by atoms with Crippen molar-refractivity contribution in [3.05, 3.63) is 34.7 Å². The number of nitrogens with zero attached hydrogens (tertiary/aromatic N) is 2.